The van der Waals surface area contributed by atoms with E-state index >= 15 is 0 Å². The van der Waals surface area contributed by atoms with Crippen molar-refractivity contribution in [2.75, 3.05) is 31.1 Å². The molecule has 0 radical (unpaired) electrons. The van der Waals surface area contributed by atoms with Gasteiger partial charge in [-0.15, -0.1) is 0 Å². The van der Waals surface area contributed by atoms with Gasteiger partial charge in [0.1, 0.15) is 39.3 Å². The fraction of sp³-hybridized carbons (Fsp3) is 0.375. The van der Waals surface area contributed by atoms with Crippen molar-refractivity contribution >= 4 is 41.0 Å². The predicted octanol–water partition coefficient (Wildman–Crippen LogP) is 7.99. The fourth-order valence-corrected chi connectivity index (χ4v) is 7.56. The number of piperidine rings is 3. The number of carbonyl (C=O) groups is 2. The number of fused-ring (bicyclic) bond motifs is 3. The summed E-state index contributed by atoms with van der Waals surface area (Å²) >= 11 is 13.0. The van der Waals surface area contributed by atoms with Crippen LogP contribution in [0.1, 0.15) is 58.8 Å². The molecule has 11 nitrogen and oxygen atoms in total. The number of phenols is 2. The van der Waals surface area contributed by atoms with Crippen LogP contribution in [0.3, 0.4) is 0 Å². The zero-order chi connectivity index (χ0) is 38.6. The topological polar surface area (TPSA) is 132 Å². The highest BCUT2D eigenvalue weighted by Crippen LogP contribution is 2.39. The first kappa shape index (κ1) is 38.4. The van der Waals surface area contributed by atoms with Gasteiger partial charge in [-0.3, -0.25) is 9.80 Å². The highest BCUT2D eigenvalue weighted by atomic mass is 35.5. The average molecular weight is 800 g/mol. The van der Waals surface area contributed by atoms with Gasteiger partial charge in [0.2, 0.25) is 0 Å². The van der Waals surface area contributed by atoms with E-state index in [9.17, 15) is 28.6 Å². The van der Waals surface area contributed by atoms with Gasteiger partial charge in [-0.25, -0.2) is 14.6 Å². The van der Waals surface area contributed by atoms with Gasteiger partial charge >= 0.3 is 18.7 Å². The van der Waals surface area contributed by atoms with Gasteiger partial charge in [0.15, 0.2) is 23.9 Å². The molecule has 4 heterocycles. The molecule has 290 valence electrons. The quantitative estimate of drug-likeness (QED) is 0.122. The number of halogens is 4. The fourth-order valence-electron chi connectivity index (χ4n) is 7.03. The smallest absolute Gasteiger partial charge is 0.415 e. The number of H-pyrrole nitrogens is 1. The van der Waals surface area contributed by atoms with Gasteiger partial charge in [-0.1, -0.05) is 53.5 Å². The molecule has 8 rings (SSSR count). The Morgan fingerprint density at radius 2 is 1.69 bits per heavy atom. The molecule has 3 saturated heterocycles. The maximum atomic E-state index is 14.0. The molecule has 1 amide bonds. The Morgan fingerprint density at radius 1 is 0.945 bits per heavy atom. The summed E-state index contributed by atoms with van der Waals surface area (Å²) in [6, 6.07) is 15.0. The normalized spacial score (nSPS) is 19.5. The Kier molecular flexibility index (Phi) is 11.8. The Balaban J connectivity index is 1.17. The molecule has 55 heavy (non-hydrogen) atoms. The summed E-state index contributed by atoms with van der Waals surface area (Å²) < 4.78 is 49.3. The molecule has 0 spiro atoms. The number of anilines is 1. The van der Waals surface area contributed by atoms with Crippen molar-refractivity contribution in [3.63, 3.8) is 0 Å². The van der Waals surface area contributed by atoms with Crippen LogP contribution in [0, 0.1) is 11.8 Å². The lowest BCUT2D eigenvalue weighted by atomic mass is 9.86. The number of carbonyl (C=O) groups excluding carboxylic acids is 2. The maximum absolute atomic E-state index is 14.0. The van der Waals surface area contributed by atoms with Crippen molar-refractivity contribution in [1.82, 2.24) is 4.90 Å². The maximum Gasteiger partial charge on any atom is 0.415 e. The number of aromatic hydroxyl groups is 2. The number of alkyl halides is 2. The van der Waals surface area contributed by atoms with E-state index in [4.69, 9.17) is 42.1 Å². The molecule has 3 aliphatic heterocycles. The molecule has 1 aromatic heterocycles. The summed E-state index contributed by atoms with van der Waals surface area (Å²) in [7, 11) is 0. The first-order chi connectivity index (χ1) is 26.5. The van der Waals surface area contributed by atoms with E-state index in [1.54, 1.807) is 24.3 Å². The Hall–Kier alpha value is -4.85. The van der Waals surface area contributed by atoms with Crippen LogP contribution in [0.4, 0.5) is 19.3 Å². The number of nitrogens with one attached hydrogen (secondary N) is 1. The van der Waals surface area contributed by atoms with Gasteiger partial charge in [-0.05, 0) is 86.5 Å². The van der Waals surface area contributed by atoms with E-state index in [2.05, 4.69) is 9.88 Å². The van der Waals surface area contributed by atoms with Crippen molar-refractivity contribution in [2.45, 2.75) is 57.5 Å². The Morgan fingerprint density at radius 3 is 2.36 bits per heavy atom. The monoisotopic (exact) mass is 798 g/mol. The molecule has 1 saturated carbocycles. The van der Waals surface area contributed by atoms with E-state index in [0.717, 1.165) is 38.8 Å². The molecular weight excluding hydrogens is 759 g/mol. The molecule has 4 aromatic rings. The number of ether oxygens (including phenoxy) is 4. The van der Waals surface area contributed by atoms with Gasteiger partial charge in [0.25, 0.3) is 0 Å². The van der Waals surface area contributed by atoms with E-state index < -0.39 is 30.5 Å². The van der Waals surface area contributed by atoms with Crippen LogP contribution >= 0.6 is 23.2 Å². The second-order valence-corrected chi connectivity index (χ2v) is 14.8. The summed E-state index contributed by atoms with van der Waals surface area (Å²) in [6.07, 6.45) is 4.61. The van der Waals surface area contributed by atoms with Crippen LogP contribution in [-0.2, 0) is 22.4 Å². The van der Waals surface area contributed by atoms with E-state index in [0.29, 0.717) is 30.2 Å². The molecule has 2 atom stereocenters. The number of para-hydroxylation sites is 3. The lowest BCUT2D eigenvalue weighted by Gasteiger charge is -2.44. The van der Waals surface area contributed by atoms with Crippen molar-refractivity contribution in [2.24, 2.45) is 11.8 Å². The Labute approximate surface area is 326 Å². The number of aromatic nitrogens is 1. The van der Waals surface area contributed by atoms with Crippen LogP contribution in [0.5, 0.6) is 23.0 Å². The molecule has 3 aromatic carbocycles. The zero-order valence-electron chi connectivity index (χ0n) is 29.6. The van der Waals surface area contributed by atoms with Crippen LogP contribution in [0.25, 0.3) is 0 Å². The third-order valence-electron chi connectivity index (χ3n) is 10.3. The van der Waals surface area contributed by atoms with Crippen molar-refractivity contribution < 1.29 is 52.5 Å². The van der Waals surface area contributed by atoms with Gasteiger partial charge < -0.3 is 29.2 Å². The molecule has 2 bridgehead atoms. The third-order valence-corrected chi connectivity index (χ3v) is 10.9. The minimum atomic E-state index is -3.10. The lowest BCUT2D eigenvalue weighted by Crippen LogP contribution is -2.53. The summed E-state index contributed by atoms with van der Waals surface area (Å²) in [5.41, 5.74) is 0.915. The Bertz CT molecular complexity index is 2010. The second-order valence-electron chi connectivity index (χ2n) is 14.0. The van der Waals surface area contributed by atoms with E-state index in [1.807, 2.05) is 0 Å². The van der Waals surface area contributed by atoms with Crippen LogP contribution in [0.15, 0.2) is 73.1 Å². The second kappa shape index (κ2) is 16.9. The first-order valence-corrected chi connectivity index (χ1v) is 18.9. The largest absolute Gasteiger partial charge is 0.507 e. The van der Waals surface area contributed by atoms with Crippen LogP contribution in [-0.4, -0.2) is 66.1 Å². The number of hydrogen-bond donors (Lipinski definition) is 2. The molecular formula is C40H40Cl2F2N3O8+. The number of esters is 1. The SMILES string of the molecule is O=C(O[C@@H](Cc1c(Cl)c[nH+]cc1Cl)c1ccc(OC(F)F)c(OCC2CC2)c1)c1cccc(CN(C(=O)O[C@H]2CN3CCC2CC3)c2ccccc2O)c1O. The average Bonchev–Trinajstić information content (AvgIpc) is 4.00. The van der Waals surface area contributed by atoms with Gasteiger partial charge in [-0.2, -0.15) is 8.78 Å². The first-order valence-electron chi connectivity index (χ1n) is 18.1. The zero-order valence-corrected chi connectivity index (χ0v) is 31.1. The van der Waals surface area contributed by atoms with E-state index in [1.165, 1.54) is 53.7 Å². The summed E-state index contributed by atoms with van der Waals surface area (Å²) in [5, 5.41) is 22.9. The summed E-state index contributed by atoms with van der Waals surface area (Å²) in [4.78, 5) is 34.1. The number of rotatable bonds is 14. The van der Waals surface area contributed by atoms with Gasteiger partial charge in [0, 0.05) is 24.1 Å². The number of amides is 1. The van der Waals surface area contributed by atoms with Crippen molar-refractivity contribution in [1.29, 1.82) is 0 Å². The lowest BCUT2D eigenvalue weighted by molar-refractivity contribution is -0.377. The van der Waals surface area contributed by atoms with Crippen LogP contribution in [0.2, 0.25) is 10.0 Å². The molecule has 3 N–H and O–H groups in total. The van der Waals surface area contributed by atoms with Crippen molar-refractivity contribution in [3.8, 4) is 23.0 Å². The summed E-state index contributed by atoms with van der Waals surface area (Å²) in [5.74, 6) is -1.17. The minimum absolute atomic E-state index is 0.0395. The number of pyridine rings is 1. The highest BCUT2D eigenvalue weighted by molar-refractivity contribution is 6.35. The van der Waals surface area contributed by atoms with Crippen molar-refractivity contribution in [3.05, 3.63) is 105 Å². The number of hydrogen-bond acceptors (Lipinski definition) is 9. The highest BCUT2D eigenvalue weighted by Gasteiger charge is 2.38. The molecule has 0 unspecified atom stereocenters. The molecule has 15 heteroatoms. The molecule has 1 aliphatic carbocycles. The summed E-state index contributed by atoms with van der Waals surface area (Å²) in [6.45, 7) is -0.528. The predicted molar refractivity (Wildman–Crippen MR) is 198 cm³/mol. The molecule has 4 aliphatic rings. The standard InChI is InChI=1S/C40H39Cl2F2N3O8/c41-29-18-45-19-30(42)28(29)17-34(25-10-11-33(54-39(43)44)35(16-25)52-22-23-8-9-23)53-38(50)27-5-3-4-26(37(27)49)20-47(31-6-1-2-7-32(31)48)40(51)55-36-21-46-14-12-24(36)13-15-46/h1-7,10-11,16,18-19,23-24,34,36,39,48-49H,8-9,12-15,17,20-22H2/p+1/t34-,36-/m0/s1. The van der Waals surface area contributed by atoms with Crippen LogP contribution < -0.4 is 19.4 Å². The number of benzene rings is 3. The van der Waals surface area contributed by atoms with E-state index in [-0.39, 0.29) is 69.1 Å². The number of phenolic OH excluding ortho intramolecular Hbond substituents is 2. The third kappa shape index (κ3) is 9.17. The number of nitrogens with zero attached hydrogens (tertiary/aromatic N) is 2. The van der Waals surface area contributed by atoms with Gasteiger partial charge in [0.05, 0.1) is 18.8 Å². The number of aromatic amines is 1. The molecule has 4 fully saturated rings. The minimum Gasteiger partial charge on any atom is -0.507 e.